The molecule has 2 aromatic rings. The molecule has 0 saturated carbocycles. The maximum atomic E-state index is 11.7. The Labute approximate surface area is 108 Å². The molecule has 0 aliphatic carbocycles. The fourth-order valence-corrected chi connectivity index (χ4v) is 1.90. The number of halogens is 2. The van der Waals surface area contributed by atoms with Crippen molar-refractivity contribution in [3.63, 3.8) is 0 Å². The molecule has 0 saturated heterocycles. The van der Waals surface area contributed by atoms with Crippen LogP contribution in [0.2, 0.25) is 10.0 Å². The van der Waals surface area contributed by atoms with Crippen LogP contribution in [0.4, 0.5) is 5.69 Å². The van der Waals surface area contributed by atoms with Crippen LogP contribution in [0.25, 0.3) is 0 Å². The van der Waals surface area contributed by atoms with E-state index in [9.17, 15) is 4.79 Å². The Kier molecular flexibility index (Phi) is 3.66. The molecule has 1 aromatic carbocycles. The zero-order valence-electron chi connectivity index (χ0n) is 8.73. The van der Waals surface area contributed by atoms with Crippen molar-refractivity contribution in [3.05, 3.63) is 47.0 Å². The molecule has 1 heterocycles. The summed E-state index contributed by atoms with van der Waals surface area (Å²) < 4.78 is 1.67. The molecule has 0 bridgehead atoms. The molecular formula is C11H9Cl2N3O. The minimum atomic E-state index is -0.165. The summed E-state index contributed by atoms with van der Waals surface area (Å²) in [6, 6.07) is 4.88. The standard InChI is InChI=1S/C11H9Cl2N3O/c12-8-3-9(13)5-10(4-8)15-11(17)6-16-2-1-14-7-16/h1-5,7H,6H2,(H,15,17). The minimum Gasteiger partial charge on any atom is -0.328 e. The van der Waals surface area contributed by atoms with Gasteiger partial charge in [0.15, 0.2) is 0 Å². The molecular weight excluding hydrogens is 261 g/mol. The molecule has 0 radical (unpaired) electrons. The van der Waals surface area contributed by atoms with Gasteiger partial charge in [0.25, 0.3) is 0 Å². The van der Waals surface area contributed by atoms with E-state index in [1.807, 2.05) is 0 Å². The molecule has 0 atom stereocenters. The molecule has 88 valence electrons. The summed E-state index contributed by atoms with van der Waals surface area (Å²) in [7, 11) is 0. The molecule has 0 aliphatic heterocycles. The fourth-order valence-electron chi connectivity index (χ4n) is 1.37. The average Bonchev–Trinajstić information content (AvgIpc) is 2.67. The zero-order valence-corrected chi connectivity index (χ0v) is 10.2. The van der Waals surface area contributed by atoms with E-state index in [1.54, 1.807) is 41.5 Å². The summed E-state index contributed by atoms with van der Waals surface area (Å²) in [5.74, 6) is -0.165. The van der Waals surface area contributed by atoms with Gasteiger partial charge in [0.05, 0.1) is 6.33 Å². The number of nitrogens with one attached hydrogen (secondary N) is 1. The van der Waals surface area contributed by atoms with Gasteiger partial charge in [-0.3, -0.25) is 4.79 Å². The van der Waals surface area contributed by atoms with E-state index in [0.29, 0.717) is 15.7 Å². The van der Waals surface area contributed by atoms with Crippen molar-refractivity contribution in [1.82, 2.24) is 9.55 Å². The van der Waals surface area contributed by atoms with Crippen LogP contribution in [-0.2, 0) is 11.3 Å². The van der Waals surface area contributed by atoms with E-state index < -0.39 is 0 Å². The van der Waals surface area contributed by atoms with Crippen LogP contribution in [0.1, 0.15) is 0 Å². The van der Waals surface area contributed by atoms with Gasteiger partial charge in [-0.05, 0) is 18.2 Å². The Hall–Kier alpha value is -1.52. The molecule has 0 fully saturated rings. The van der Waals surface area contributed by atoms with Crippen LogP contribution in [-0.4, -0.2) is 15.5 Å². The third kappa shape index (κ3) is 3.47. The molecule has 2 rings (SSSR count). The number of imidazole rings is 1. The molecule has 0 aliphatic rings. The first-order chi connectivity index (χ1) is 8.13. The summed E-state index contributed by atoms with van der Waals surface area (Å²) in [6.07, 6.45) is 4.90. The van der Waals surface area contributed by atoms with Gasteiger partial charge in [-0.1, -0.05) is 23.2 Å². The van der Waals surface area contributed by atoms with Crippen LogP contribution in [0.15, 0.2) is 36.9 Å². The highest BCUT2D eigenvalue weighted by molar-refractivity contribution is 6.35. The lowest BCUT2D eigenvalue weighted by Gasteiger charge is -2.06. The first-order valence-electron chi connectivity index (χ1n) is 4.85. The number of anilines is 1. The van der Waals surface area contributed by atoms with Crippen molar-refractivity contribution in [2.45, 2.75) is 6.54 Å². The SMILES string of the molecule is O=C(Cn1ccnc1)Nc1cc(Cl)cc(Cl)c1. The Bertz CT molecular complexity index is 505. The molecule has 1 N–H and O–H groups in total. The monoisotopic (exact) mass is 269 g/mol. The number of carbonyl (C=O) groups is 1. The van der Waals surface area contributed by atoms with Gasteiger partial charge in [-0.2, -0.15) is 0 Å². The number of amides is 1. The predicted octanol–water partition coefficient (Wildman–Crippen LogP) is 2.83. The molecule has 0 unspecified atom stereocenters. The lowest BCUT2D eigenvalue weighted by atomic mass is 10.3. The van der Waals surface area contributed by atoms with Crippen molar-refractivity contribution in [2.24, 2.45) is 0 Å². The largest absolute Gasteiger partial charge is 0.328 e. The van der Waals surface area contributed by atoms with E-state index in [2.05, 4.69) is 10.3 Å². The zero-order chi connectivity index (χ0) is 12.3. The van der Waals surface area contributed by atoms with Gasteiger partial charge >= 0.3 is 0 Å². The van der Waals surface area contributed by atoms with Crippen molar-refractivity contribution >= 4 is 34.8 Å². The third-order valence-corrected chi connectivity index (χ3v) is 2.47. The van der Waals surface area contributed by atoms with E-state index in [4.69, 9.17) is 23.2 Å². The summed E-state index contributed by atoms with van der Waals surface area (Å²) in [5.41, 5.74) is 0.576. The Morgan fingerprint density at radius 2 is 2.00 bits per heavy atom. The molecule has 4 nitrogen and oxygen atoms in total. The molecule has 0 spiro atoms. The summed E-state index contributed by atoms with van der Waals surface area (Å²) in [5, 5.41) is 3.67. The highest BCUT2D eigenvalue weighted by Gasteiger charge is 2.04. The Morgan fingerprint density at radius 3 is 2.59 bits per heavy atom. The Morgan fingerprint density at radius 1 is 1.29 bits per heavy atom. The van der Waals surface area contributed by atoms with E-state index >= 15 is 0 Å². The van der Waals surface area contributed by atoms with E-state index in [-0.39, 0.29) is 12.5 Å². The minimum absolute atomic E-state index is 0.165. The number of hydrogen-bond donors (Lipinski definition) is 1. The summed E-state index contributed by atoms with van der Waals surface area (Å²) in [4.78, 5) is 15.5. The lowest BCUT2D eigenvalue weighted by Crippen LogP contribution is -2.17. The van der Waals surface area contributed by atoms with E-state index in [1.165, 1.54) is 0 Å². The van der Waals surface area contributed by atoms with Gasteiger partial charge in [-0.25, -0.2) is 4.98 Å². The van der Waals surface area contributed by atoms with Gasteiger partial charge in [0.2, 0.25) is 5.91 Å². The second-order valence-corrected chi connectivity index (χ2v) is 4.31. The van der Waals surface area contributed by atoms with Crippen LogP contribution in [0, 0.1) is 0 Å². The number of aromatic nitrogens is 2. The number of benzene rings is 1. The maximum absolute atomic E-state index is 11.7. The highest BCUT2D eigenvalue weighted by atomic mass is 35.5. The van der Waals surface area contributed by atoms with Crippen LogP contribution in [0.5, 0.6) is 0 Å². The third-order valence-electron chi connectivity index (χ3n) is 2.03. The Balaban J connectivity index is 2.03. The smallest absolute Gasteiger partial charge is 0.244 e. The normalized spacial score (nSPS) is 10.2. The average molecular weight is 270 g/mol. The van der Waals surface area contributed by atoms with Gasteiger partial charge in [0.1, 0.15) is 6.54 Å². The highest BCUT2D eigenvalue weighted by Crippen LogP contribution is 2.22. The maximum Gasteiger partial charge on any atom is 0.244 e. The quantitative estimate of drug-likeness (QED) is 0.932. The predicted molar refractivity (Wildman–Crippen MR) is 67.3 cm³/mol. The molecule has 1 aromatic heterocycles. The van der Waals surface area contributed by atoms with Gasteiger partial charge < -0.3 is 9.88 Å². The summed E-state index contributed by atoms with van der Waals surface area (Å²) in [6.45, 7) is 0.199. The molecule has 6 heteroatoms. The van der Waals surface area contributed by atoms with Crippen molar-refractivity contribution in [1.29, 1.82) is 0 Å². The van der Waals surface area contributed by atoms with Gasteiger partial charge in [0, 0.05) is 28.1 Å². The van der Waals surface area contributed by atoms with Crippen molar-refractivity contribution in [2.75, 3.05) is 5.32 Å². The summed E-state index contributed by atoms with van der Waals surface area (Å²) >= 11 is 11.7. The van der Waals surface area contributed by atoms with Crippen LogP contribution in [0.3, 0.4) is 0 Å². The fraction of sp³-hybridized carbons (Fsp3) is 0.0909. The first kappa shape index (κ1) is 12.0. The lowest BCUT2D eigenvalue weighted by molar-refractivity contribution is -0.116. The first-order valence-corrected chi connectivity index (χ1v) is 5.61. The second-order valence-electron chi connectivity index (χ2n) is 3.44. The van der Waals surface area contributed by atoms with Crippen LogP contribution < -0.4 is 5.32 Å². The number of carbonyl (C=O) groups excluding carboxylic acids is 1. The van der Waals surface area contributed by atoms with Crippen molar-refractivity contribution in [3.8, 4) is 0 Å². The number of nitrogens with zero attached hydrogens (tertiary/aromatic N) is 2. The van der Waals surface area contributed by atoms with Crippen LogP contribution >= 0.6 is 23.2 Å². The number of rotatable bonds is 3. The molecule has 17 heavy (non-hydrogen) atoms. The number of hydrogen-bond acceptors (Lipinski definition) is 2. The van der Waals surface area contributed by atoms with Gasteiger partial charge in [-0.15, -0.1) is 0 Å². The second kappa shape index (κ2) is 5.21. The topological polar surface area (TPSA) is 46.9 Å². The van der Waals surface area contributed by atoms with E-state index in [0.717, 1.165) is 0 Å². The van der Waals surface area contributed by atoms with Crippen molar-refractivity contribution < 1.29 is 4.79 Å². The molecule has 1 amide bonds.